The Kier molecular flexibility index (Phi) is 8.02. The molecule has 2 aromatic carbocycles. The Morgan fingerprint density at radius 2 is 1.81 bits per heavy atom. The summed E-state index contributed by atoms with van der Waals surface area (Å²) in [5.41, 5.74) is 2.90. The van der Waals surface area contributed by atoms with Crippen LogP contribution in [0, 0.1) is 0 Å². The Hall–Kier alpha value is -3.69. The number of benzene rings is 2. The van der Waals surface area contributed by atoms with E-state index in [1.54, 1.807) is 11.0 Å². The lowest BCUT2D eigenvalue weighted by atomic mass is 9.96. The number of nitrogens with one attached hydrogen (secondary N) is 1. The third-order valence-electron chi connectivity index (χ3n) is 5.88. The van der Waals surface area contributed by atoms with Crippen LogP contribution < -0.4 is 5.32 Å². The van der Waals surface area contributed by atoms with Crippen LogP contribution in [0.1, 0.15) is 27.9 Å². The van der Waals surface area contributed by atoms with Gasteiger partial charge in [0, 0.05) is 19.5 Å². The van der Waals surface area contributed by atoms with Crippen molar-refractivity contribution in [2.75, 3.05) is 13.1 Å². The van der Waals surface area contributed by atoms with Crippen molar-refractivity contribution in [3.63, 3.8) is 0 Å². The molecule has 2 N–H and O–H groups in total. The summed E-state index contributed by atoms with van der Waals surface area (Å²) in [7, 11) is 0. The molecule has 0 spiro atoms. The van der Waals surface area contributed by atoms with E-state index in [0.717, 1.165) is 16.7 Å². The molecule has 2 amide bonds. The number of carbonyl (C=O) groups excluding carboxylic acids is 2. The predicted molar refractivity (Wildman–Crippen MR) is 135 cm³/mol. The number of nitrogens with zero attached hydrogens (tertiary/aromatic N) is 4. The standard InChI is InChI=1S/C25H23Cl2N5O4/c26-19-2-1-3-20(27)23(19)24(34)30-21(25(35)36)12-16-4-6-17(7-5-16)18-8-10-31(11-9-18)22(33)13-32-15-28-14-29-32/h1-8,14-15,21H,9-13H2,(H,30,34)(H,35,36)/t21-/m0/s1. The maximum Gasteiger partial charge on any atom is 0.326 e. The predicted octanol–water partition coefficient (Wildman–Crippen LogP) is 3.33. The quantitative estimate of drug-likeness (QED) is 0.463. The third kappa shape index (κ3) is 6.10. The van der Waals surface area contributed by atoms with Crippen LogP contribution in [0.5, 0.6) is 0 Å². The van der Waals surface area contributed by atoms with E-state index >= 15 is 0 Å². The molecule has 186 valence electrons. The molecule has 0 aliphatic carbocycles. The van der Waals surface area contributed by atoms with Gasteiger partial charge in [0.05, 0.1) is 15.6 Å². The topological polar surface area (TPSA) is 117 Å². The van der Waals surface area contributed by atoms with Gasteiger partial charge in [-0.05, 0) is 35.3 Å². The SMILES string of the molecule is O=C(N[C@@H](Cc1ccc(C2=CCN(C(=O)Cn3cncn3)CC2)cc1)C(=O)O)c1c(Cl)cccc1Cl. The van der Waals surface area contributed by atoms with Crippen LogP contribution in [0.15, 0.2) is 61.2 Å². The molecule has 3 aromatic rings. The van der Waals surface area contributed by atoms with Crippen LogP contribution in [-0.4, -0.2) is 61.7 Å². The lowest BCUT2D eigenvalue weighted by Gasteiger charge is -2.26. The molecule has 1 aliphatic rings. The van der Waals surface area contributed by atoms with E-state index in [9.17, 15) is 19.5 Å². The smallest absolute Gasteiger partial charge is 0.326 e. The summed E-state index contributed by atoms with van der Waals surface area (Å²) in [4.78, 5) is 42.5. The maximum atomic E-state index is 12.6. The van der Waals surface area contributed by atoms with E-state index in [1.807, 2.05) is 30.3 Å². The summed E-state index contributed by atoms with van der Waals surface area (Å²) in [5, 5.41) is 16.4. The van der Waals surface area contributed by atoms with Gasteiger partial charge in [0.2, 0.25) is 5.91 Å². The van der Waals surface area contributed by atoms with Gasteiger partial charge >= 0.3 is 5.97 Å². The monoisotopic (exact) mass is 527 g/mol. The number of carboxylic acids is 1. The average molecular weight is 528 g/mol. The molecule has 1 atom stereocenters. The number of carbonyl (C=O) groups is 3. The van der Waals surface area contributed by atoms with E-state index in [1.165, 1.54) is 29.5 Å². The summed E-state index contributed by atoms with van der Waals surface area (Å²) < 4.78 is 1.50. The molecule has 0 saturated heterocycles. The van der Waals surface area contributed by atoms with Crippen molar-refractivity contribution in [2.45, 2.75) is 25.4 Å². The molecule has 0 fully saturated rings. The first-order valence-corrected chi connectivity index (χ1v) is 11.9. The molecular weight excluding hydrogens is 505 g/mol. The summed E-state index contributed by atoms with van der Waals surface area (Å²) in [6.45, 7) is 1.25. The Labute approximate surface area is 217 Å². The molecule has 36 heavy (non-hydrogen) atoms. The Morgan fingerprint density at radius 1 is 1.08 bits per heavy atom. The van der Waals surface area contributed by atoms with Gasteiger partial charge in [-0.25, -0.2) is 14.5 Å². The van der Waals surface area contributed by atoms with Crippen molar-refractivity contribution in [3.05, 3.63) is 87.9 Å². The highest BCUT2D eigenvalue weighted by atomic mass is 35.5. The fourth-order valence-corrected chi connectivity index (χ4v) is 4.52. The summed E-state index contributed by atoms with van der Waals surface area (Å²) >= 11 is 12.1. The second-order valence-corrected chi connectivity index (χ2v) is 9.09. The zero-order valence-corrected chi connectivity index (χ0v) is 20.6. The molecule has 0 bridgehead atoms. The molecule has 9 nitrogen and oxygen atoms in total. The number of rotatable bonds is 8. The molecule has 1 aromatic heterocycles. The van der Waals surface area contributed by atoms with Gasteiger partial charge in [-0.2, -0.15) is 5.10 Å². The molecule has 0 unspecified atom stereocenters. The van der Waals surface area contributed by atoms with Crippen molar-refractivity contribution < 1.29 is 19.5 Å². The Balaban J connectivity index is 1.37. The number of halogens is 2. The first kappa shape index (κ1) is 25.4. The van der Waals surface area contributed by atoms with Gasteiger partial charge in [0.15, 0.2) is 0 Å². The zero-order chi connectivity index (χ0) is 25.7. The van der Waals surface area contributed by atoms with Gasteiger partial charge < -0.3 is 15.3 Å². The molecule has 11 heteroatoms. The number of amides is 2. The van der Waals surface area contributed by atoms with Gasteiger partial charge in [0.25, 0.3) is 5.91 Å². The maximum absolute atomic E-state index is 12.6. The highest BCUT2D eigenvalue weighted by Crippen LogP contribution is 2.25. The fourth-order valence-electron chi connectivity index (χ4n) is 3.95. The van der Waals surface area contributed by atoms with E-state index in [2.05, 4.69) is 15.4 Å². The van der Waals surface area contributed by atoms with Gasteiger partial charge in [0.1, 0.15) is 25.2 Å². The minimum atomic E-state index is -1.17. The summed E-state index contributed by atoms with van der Waals surface area (Å²) in [6, 6.07) is 11.0. The molecule has 2 heterocycles. The van der Waals surface area contributed by atoms with Crippen LogP contribution in [-0.2, 0) is 22.6 Å². The van der Waals surface area contributed by atoms with Crippen LogP contribution in [0.2, 0.25) is 10.0 Å². The number of carboxylic acid groups (broad SMARTS) is 1. The van der Waals surface area contributed by atoms with Gasteiger partial charge in [-0.15, -0.1) is 0 Å². The Morgan fingerprint density at radius 3 is 2.39 bits per heavy atom. The van der Waals surface area contributed by atoms with Crippen molar-refractivity contribution in [3.8, 4) is 0 Å². The van der Waals surface area contributed by atoms with Crippen LogP contribution >= 0.6 is 23.2 Å². The molecule has 4 rings (SSSR count). The van der Waals surface area contributed by atoms with Gasteiger partial charge in [-0.1, -0.05) is 59.6 Å². The highest BCUT2D eigenvalue weighted by Gasteiger charge is 2.24. The van der Waals surface area contributed by atoms with Crippen molar-refractivity contribution >= 4 is 46.6 Å². The minimum Gasteiger partial charge on any atom is -0.480 e. The molecule has 0 radical (unpaired) electrons. The zero-order valence-electron chi connectivity index (χ0n) is 19.1. The summed E-state index contributed by atoms with van der Waals surface area (Å²) in [6.07, 6.45) is 5.72. The number of aliphatic carboxylic acids is 1. The third-order valence-corrected chi connectivity index (χ3v) is 6.51. The van der Waals surface area contributed by atoms with E-state index < -0.39 is 17.9 Å². The van der Waals surface area contributed by atoms with Crippen molar-refractivity contribution in [1.29, 1.82) is 0 Å². The number of hydrogen-bond acceptors (Lipinski definition) is 5. The second kappa shape index (κ2) is 11.4. The van der Waals surface area contributed by atoms with Crippen molar-refractivity contribution in [1.82, 2.24) is 25.0 Å². The lowest BCUT2D eigenvalue weighted by molar-refractivity contribution is -0.139. The average Bonchev–Trinajstić information content (AvgIpc) is 3.37. The molecular formula is C25H23Cl2N5O4. The van der Waals surface area contributed by atoms with Crippen LogP contribution in [0.4, 0.5) is 0 Å². The van der Waals surface area contributed by atoms with Crippen molar-refractivity contribution in [2.24, 2.45) is 0 Å². The van der Waals surface area contributed by atoms with Crippen LogP contribution in [0.25, 0.3) is 5.57 Å². The van der Waals surface area contributed by atoms with Gasteiger partial charge in [-0.3, -0.25) is 9.59 Å². The fraction of sp³-hybridized carbons (Fsp3) is 0.240. The summed E-state index contributed by atoms with van der Waals surface area (Å²) in [5.74, 6) is -1.84. The number of hydrogen-bond donors (Lipinski definition) is 2. The molecule has 1 aliphatic heterocycles. The van der Waals surface area contributed by atoms with E-state index in [4.69, 9.17) is 23.2 Å². The lowest BCUT2D eigenvalue weighted by Crippen LogP contribution is -2.42. The highest BCUT2D eigenvalue weighted by molar-refractivity contribution is 6.39. The van der Waals surface area contributed by atoms with Crippen LogP contribution in [0.3, 0.4) is 0 Å². The normalized spacial score (nSPS) is 14.2. The second-order valence-electron chi connectivity index (χ2n) is 8.27. The number of aromatic nitrogens is 3. The Bertz CT molecular complexity index is 1270. The first-order chi connectivity index (χ1) is 17.3. The van der Waals surface area contributed by atoms with E-state index in [0.29, 0.717) is 19.5 Å². The van der Waals surface area contributed by atoms with E-state index in [-0.39, 0.29) is 34.5 Å². The molecule has 0 saturated carbocycles. The first-order valence-electron chi connectivity index (χ1n) is 11.2. The minimum absolute atomic E-state index is 0.0222. The largest absolute Gasteiger partial charge is 0.480 e.